The normalized spacial score (nSPS) is 24.6. The largest absolute Gasteiger partial charge is 0.207 e. The first-order valence-electron chi connectivity index (χ1n) is 6.30. The van der Waals surface area contributed by atoms with Gasteiger partial charge in [0.2, 0.25) is 0 Å². The molecule has 0 aromatic heterocycles. The van der Waals surface area contributed by atoms with Gasteiger partial charge in [0, 0.05) is 0 Å². The number of halogens is 1. The van der Waals surface area contributed by atoms with Crippen LogP contribution in [0.2, 0.25) is 0 Å². The summed E-state index contributed by atoms with van der Waals surface area (Å²) < 4.78 is 14.1. The van der Waals surface area contributed by atoms with E-state index >= 15 is 0 Å². The van der Waals surface area contributed by atoms with Gasteiger partial charge in [-0.2, -0.15) is 0 Å². The van der Waals surface area contributed by atoms with E-state index in [1.165, 1.54) is 12.0 Å². The van der Waals surface area contributed by atoms with Gasteiger partial charge in [0.05, 0.1) is 0 Å². The van der Waals surface area contributed by atoms with Crippen molar-refractivity contribution in [3.8, 4) is 0 Å². The average Bonchev–Trinajstić information content (AvgIpc) is 2.19. The maximum atomic E-state index is 14.1. The molecule has 0 bridgehead atoms. The number of benzene rings is 1. The number of hydrogen-bond donors (Lipinski definition) is 0. The van der Waals surface area contributed by atoms with Crippen molar-refractivity contribution in [3.05, 3.63) is 34.6 Å². The second-order valence-electron chi connectivity index (χ2n) is 5.58. The first kappa shape index (κ1) is 11.6. The van der Waals surface area contributed by atoms with E-state index in [0.29, 0.717) is 17.8 Å². The van der Waals surface area contributed by atoms with Crippen molar-refractivity contribution in [2.45, 2.75) is 52.4 Å². The molecule has 0 saturated carbocycles. The van der Waals surface area contributed by atoms with Gasteiger partial charge in [-0.25, -0.2) is 4.39 Å². The third kappa shape index (κ3) is 1.88. The van der Waals surface area contributed by atoms with Crippen LogP contribution in [-0.4, -0.2) is 0 Å². The standard InChI is InChI=1S/C15H21F/c1-9(2)12-6-5-11(4)13-7-10(3)8-14(16)15(12)13/h7-9,11-12H,5-6H2,1-4H3. The molecule has 2 unspecified atom stereocenters. The van der Waals surface area contributed by atoms with Crippen LogP contribution >= 0.6 is 0 Å². The summed E-state index contributed by atoms with van der Waals surface area (Å²) in [4.78, 5) is 0. The van der Waals surface area contributed by atoms with E-state index in [2.05, 4.69) is 26.8 Å². The molecule has 0 aliphatic heterocycles. The Bertz CT molecular complexity index is 393. The summed E-state index contributed by atoms with van der Waals surface area (Å²) in [5.41, 5.74) is 3.30. The zero-order chi connectivity index (χ0) is 11.9. The molecule has 0 saturated heterocycles. The van der Waals surface area contributed by atoms with Gasteiger partial charge in [-0.3, -0.25) is 0 Å². The fourth-order valence-corrected chi connectivity index (χ4v) is 2.98. The lowest BCUT2D eigenvalue weighted by molar-refractivity contribution is 0.393. The van der Waals surface area contributed by atoms with Gasteiger partial charge in [-0.05, 0) is 60.3 Å². The highest BCUT2D eigenvalue weighted by molar-refractivity contribution is 5.39. The molecule has 1 aliphatic rings. The van der Waals surface area contributed by atoms with E-state index < -0.39 is 0 Å². The SMILES string of the molecule is Cc1cc(F)c2c(c1)C(C)CCC2C(C)C. The molecule has 2 rings (SSSR count). The predicted molar refractivity (Wildman–Crippen MR) is 66.4 cm³/mol. The van der Waals surface area contributed by atoms with Crippen molar-refractivity contribution < 1.29 is 4.39 Å². The number of rotatable bonds is 1. The molecule has 1 aliphatic carbocycles. The van der Waals surface area contributed by atoms with Crippen LogP contribution in [0.3, 0.4) is 0 Å². The molecule has 2 atom stereocenters. The van der Waals surface area contributed by atoms with E-state index in [1.54, 1.807) is 6.07 Å². The topological polar surface area (TPSA) is 0 Å². The van der Waals surface area contributed by atoms with Gasteiger partial charge < -0.3 is 0 Å². The first-order chi connectivity index (χ1) is 7.50. The Morgan fingerprint density at radius 3 is 2.56 bits per heavy atom. The van der Waals surface area contributed by atoms with E-state index in [1.807, 2.05) is 6.92 Å². The van der Waals surface area contributed by atoms with Gasteiger partial charge in [0.15, 0.2) is 0 Å². The van der Waals surface area contributed by atoms with E-state index in [4.69, 9.17) is 0 Å². The van der Waals surface area contributed by atoms with Crippen LogP contribution in [0.25, 0.3) is 0 Å². The van der Waals surface area contributed by atoms with E-state index in [0.717, 1.165) is 17.5 Å². The fraction of sp³-hybridized carbons (Fsp3) is 0.600. The quantitative estimate of drug-likeness (QED) is 0.639. The highest BCUT2D eigenvalue weighted by atomic mass is 19.1. The second kappa shape index (κ2) is 4.20. The maximum Gasteiger partial charge on any atom is 0.127 e. The third-order valence-corrected chi connectivity index (χ3v) is 3.92. The Morgan fingerprint density at radius 2 is 1.94 bits per heavy atom. The highest BCUT2D eigenvalue weighted by Gasteiger charge is 2.29. The summed E-state index contributed by atoms with van der Waals surface area (Å²) in [6.07, 6.45) is 2.32. The molecule has 0 N–H and O–H groups in total. The fourth-order valence-electron chi connectivity index (χ4n) is 2.98. The van der Waals surface area contributed by atoms with Crippen LogP contribution in [0.4, 0.5) is 4.39 Å². The van der Waals surface area contributed by atoms with Crippen molar-refractivity contribution in [3.63, 3.8) is 0 Å². The van der Waals surface area contributed by atoms with Gasteiger partial charge in [-0.1, -0.05) is 26.8 Å². The molecular weight excluding hydrogens is 199 g/mol. The summed E-state index contributed by atoms with van der Waals surface area (Å²) >= 11 is 0. The van der Waals surface area contributed by atoms with Gasteiger partial charge in [0.1, 0.15) is 5.82 Å². The average molecular weight is 220 g/mol. The Kier molecular flexibility index (Phi) is 3.05. The Labute approximate surface area is 97.9 Å². The number of aryl methyl sites for hydroxylation is 1. The summed E-state index contributed by atoms with van der Waals surface area (Å²) in [7, 11) is 0. The summed E-state index contributed by atoms with van der Waals surface area (Å²) in [5, 5.41) is 0. The molecule has 16 heavy (non-hydrogen) atoms. The van der Waals surface area contributed by atoms with Crippen LogP contribution in [-0.2, 0) is 0 Å². The summed E-state index contributed by atoms with van der Waals surface area (Å²) in [6, 6.07) is 3.86. The maximum absolute atomic E-state index is 14.1. The molecule has 1 aromatic carbocycles. The Morgan fingerprint density at radius 1 is 1.25 bits per heavy atom. The summed E-state index contributed by atoms with van der Waals surface area (Å²) in [5.74, 6) is 1.47. The minimum atomic E-state index is 0.0141. The molecule has 0 heterocycles. The molecule has 0 radical (unpaired) electrons. The van der Waals surface area contributed by atoms with Crippen LogP contribution in [0.15, 0.2) is 12.1 Å². The molecule has 88 valence electrons. The van der Waals surface area contributed by atoms with Crippen molar-refractivity contribution in [1.82, 2.24) is 0 Å². The second-order valence-corrected chi connectivity index (χ2v) is 5.58. The summed E-state index contributed by atoms with van der Waals surface area (Å²) in [6.45, 7) is 8.59. The van der Waals surface area contributed by atoms with Crippen molar-refractivity contribution in [1.29, 1.82) is 0 Å². The van der Waals surface area contributed by atoms with Gasteiger partial charge in [0.25, 0.3) is 0 Å². The highest BCUT2D eigenvalue weighted by Crippen LogP contribution is 2.43. The van der Waals surface area contributed by atoms with Crippen LogP contribution in [0, 0.1) is 18.7 Å². The van der Waals surface area contributed by atoms with Crippen LogP contribution in [0.1, 0.15) is 62.1 Å². The number of hydrogen-bond acceptors (Lipinski definition) is 0. The molecule has 0 nitrogen and oxygen atoms in total. The molecular formula is C15H21F. The molecule has 1 heteroatoms. The Balaban J connectivity index is 2.56. The predicted octanol–water partition coefficient (Wildman–Crippen LogP) is 4.77. The minimum Gasteiger partial charge on any atom is -0.207 e. The lowest BCUT2D eigenvalue weighted by Gasteiger charge is -2.33. The minimum absolute atomic E-state index is 0.0141. The number of fused-ring (bicyclic) bond motifs is 1. The van der Waals surface area contributed by atoms with E-state index in [9.17, 15) is 4.39 Å². The zero-order valence-corrected chi connectivity index (χ0v) is 10.7. The molecule has 0 amide bonds. The smallest absolute Gasteiger partial charge is 0.127 e. The monoisotopic (exact) mass is 220 g/mol. The van der Waals surface area contributed by atoms with Crippen LogP contribution in [0.5, 0.6) is 0 Å². The molecule has 0 spiro atoms. The van der Waals surface area contributed by atoms with Crippen molar-refractivity contribution in [2.75, 3.05) is 0 Å². The van der Waals surface area contributed by atoms with Gasteiger partial charge >= 0.3 is 0 Å². The lowest BCUT2D eigenvalue weighted by atomic mass is 9.72. The first-order valence-corrected chi connectivity index (χ1v) is 6.30. The van der Waals surface area contributed by atoms with Gasteiger partial charge in [-0.15, -0.1) is 0 Å². The third-order valence-electron chi connectivity index (χ3n) is 3.92. The van der Waals surface area contributed by atoms with Crippen LogP contribution < -0.4 is 0 Å². The zero-order valence-electron chi connectivity index (χ0n) is 10.7. The molecule has 0 fully saturated rings. The van der Waals surface area contributed by atoms with Crippen molar-refractivity contribution >= 4 is 0 Å². The molecule has 1 aromatic rings. The van der Waals surface area contributed by atoms with E-state index in [-0.39, 0.29) is 5.82 Å². The Hall–Kier alpha value is -0.850. The lowest BCUT2D eigenvalue weighted by Crippen LogP contribution is -2.19. The van der Waals surface area contributed by atoms with Crippen molar-refractivity contribution in [2.24, 2.45) is 5.92 Å².